The summed E-state index contributed by atoms with van der Waals surface area (Å²) in [5, 5.41) is 19.5. The molecule has 0 aromatic carbocycles. The second-order valence-corrected chi connectivity index (χ2v) is 14.8. The van der Waals surface area contributed by atoms with Gasteiger partial charge in [0.1, 0.15) is 23.9 Å². The van der Waals surface area contributed by atoms with Crippen LogP contribution in [0.15, 0.2) is 36.0 Å². The van der Waals surface area contributed by atoms with Gasteiger partial charge < -0.3 is 44.9 Å². The number of carbonyl (C=O) groups is 4. The van der Waals surface area contributed by atoms with Gasteiger partial charge in [0.15, 0.2) is 0 Å². The van der Waals surface area contributed by atoms with E-state index in [4.69, 9.17) is 18.9 Å². The van der Waals surface area contributed by atoms with Crippen LogP contribution in [-0.4, -0.2) is 119 Å². The Kier molecular flexibility index (Phi) is 15.6. The first-order chi connectivity index (χ1) is 23.9. The summed E-state index contributed by atoms with van der Waals surface area (Å²) in [6.07, 6.45) is 11.1. The van der Waals surface area contributed by atoms with Gasteiger partial charge in [-0.3, -0.25) is 14.4 Å². The van der Waals surface area contributed by atoms with E-state index in [1.54, 1.807) is 17.9 Å². The lowest BCUT2D eigenvalue weighted by molar-refractivity contribution is -0.145. The summed E-state index contributed by atoms with van der Waals surface area (Å²) in [5.74, 6) is -0.309. The first kappa shape index (κ1) is 40.2. The fraction of sp³-hybridized carbons (Fsp3) is 0.722. The van der Waals surface area contributed by atoms with Gasteiger partial charge in [0.05, 0.1) is 41.8 Å². The molecule has 4 saturated heterocycles. The molecule has 0 aromatic rings. The Hall–Kier alpha value is -2.53. The number of aliphatic hydroxyl groups is 1. The van der Waals surface area contributed by atoms with E-state index < -0.39 is 30.0 Å². The Morgan fingerprint density at radius 1 is 1.06 bits per heavy atom. The zero-order valence-corrected chi connectivity index (χ0v) is 31.9. The SMILES string of the molecule is CC(/C=C/[C@H]1O[C@H](CC(=O)NCCNC(=O)CI)C[C@@]2(CO2)[C@@H]1O)=C\C[C@@H]1O[C@H](C)[C@H](NC(=O)C=CC(C)OC(=O)N2CCCCC2)C[C@@H]1C. The zero-order chi connectivity index (χ0) is 36.3. The first-order valence-electron chi connectivity index (χ1n) is 17.9. The van der Waals surface area contributed by atoms with E-state index in [1.165, 1.54) is 6.08 Å². The third-order valence-corrected chi connectivity index (χ3v) is 10.5. The minimum Gasteiger partial charge on any atom is -0.442 e. The number of alkyl halides is 1. The number of amides is 4. The van der Waals surface area contributed by atoms with E-state index in [0.29, 0.717) is 50.1 Å². The first-order valence-corrected chi connectivity index (χ1v) is 19.4. The van der Waals surface area contributed by atoms with E-state index >= 15 is 0 Å². The summed E-state index contributed by atoms with van der Waals surface area (Å²) in [6.45, 7) is 10.4. The molecule has 1 spiro atoms. The Morgan fingerprint density at radius 3 is 2.44 bits per heavy atom. The van der Waals surface area contributed by atoms with Crippen LogP contribution in [0, 0.1) is 5.92 Å². The molecule has 0 bridgehead atoms. The van der Waals surface area contributed by atoms with Gasteiger partial charge in [-0.05, 0) is 64.9 Å². The van der Waals surface area contributed by atoms with Crippen molar-refractivity contribution >= 4 is 46.4 Å². The van der Waals surface area contributed by atoms with E-state index in [1.807, 2.05) is 48.6 Å². The van der Waals surface area contributed by atoms with Gasteiger partial charge in [-0.15, -0.1) is 0 Å². The average molecular weight is 815 g/mol. The van der Waals surface area contributed by atoms with Crippen LogP contribution in [-0.2, 0) is 33.3 Å². The molecule has 4 rings (SSSR count). The average Bonchev–Trinajstić information content (AvgIpc) is 3.87. The van der Waals surface area contributed by atoms with Crippen LogP contribution in [0.2, 0.25) is 0 Å². The maximum atomic E-state index is 12.7. The van der Waals surface area contributed by atoms with Crippen LogP contribution >= 0.6 is 22.6 Å². The van der Waals surface area contributed by atoms with Crippen molar-refractivity contribution in [3.05, 3.63) is 36.0 Å². The maximum Gasteiger partial charge on any atom is 0.410 e. The molecule has 0 radical (unpaired) electrons. The Labute approximate surface area is 309 Å². The lowest BCUT2D eigenvalue weighted by Gasteiger charge is -2.39. The number of nitrogens with one attached hydrogen (secondary N) is 3. The minimum absolute atomic E-state index is 0.0243. The van der Waals surface area contributed by atoms with E-state index in [0.717, 1.165) is 31.3 Å². The molecule has 9 atom stereocenters. The number of hydrogen-bond acceptors (Lipinski definition) is 9. The summed E-state index contributed by atoms with van der Waals surface area (Å²) in [4.78, 5) is 50.6. The number of epoxide rings is 1. The summed E-state index contributed by atoms with van der Waals surface area (Å²) in [6, 6.07) is -0.145. The van der Waals surface area contributed by atoms with Gasteiger partial charge in [0.2, 0.25) is 17.7 Å². The van der Waals surface area contributed by atoms with E-state index in [2.05, 4.69) is 29.0 Å². The molecule has 0 aromatic heterocycles. The molecule has 13 nitrogen and oxygen atoms in total. The quantitative estimate of drug-likeness (QED) is 0.0515. The highest BCUT2D eigenvalue weighted by atomic mass is 127. The molecule has 0 aliphatic carbocycles. The number of piperidine rings is 1. The second-order valence-electron chi connectivity index (χ2n) is 14.0. The third-order valence-electron chi connectivity index (χ3n) is 9.78. The normalized spacial score (nSPS) is 32.2. The molecular weight excluding hydrogens is 759 g/mol. The number of nitrogens with zero attached hydrogens (tertiary/aromatic N) is 1. The molecule has 4 fully saturated rings. The summed E-state index contributed by atoms with van der Waals surface area (Å²) >= 11 is 1.98. The second kappa shape index (κ2) is 19.3. The number of ether oxygens (including phenoxy) is 4. The van der Waals surface area contributed by atoms with E-state index in [9.17, 15) is 24.3 Å². The van der Waals surface area contributed by atoms with Gasteiger partial charge in [0.25, 0.3) is 0 Å². The smallest absolute Gasteiger partial charge is 0.410 e. The summed E-state index contributed by atoms with van der Waals surface area (Å²) in [7, 11) is 0. The van der Waals surface area contributed by atoms with Gasteiger partial charge in [-0.25, -0.2) is 4.79 Å². The van der Waals surface area contributed by atoms with Crippen molar-refractivity contribution < 1.29 is 43.2 Å². The Balaban J connectivity index is 1.20. The highest BCUT2D eigenvalue weighted by molar-refractivity contribution is 14.1. The number of rotatable bonds is 14. The fourth-order valence-electron chi connectivity index (χ4n) is 6.67. The molecule has 0 saturated carbocycles. The largest absolute Gasteiger partial charge is 0.442 e. The number of aliphatic hydroxyl groups excluding tert-OH is 1. The monoisotopic (exact) mass is 814 g/mol. The molecule has 4 aliphatic heterocycles. The maximum absolute atomic E-state index is 12.7. The molecule has 4 N–H and O–H groups in total. The van der Waals surface area contributed by atoms with Crippen molar-refractivity contribution in [3.8, 4) is 0 Å². The van der Waals surface area contributed by atoms with Gasteiger partial charge in [0, 0.05) is 38.7 Å². The standard InChI is InChI=1S/C36H55IN4O9/c1-23(9-12-30-34(45)36(22-47-36)20-27(50-30)19-32(43)38-14-15-39-33(44)21-37)8-11-29-24(2)18-28(26(4)49-29)40-31(42)13-10-25(3)48-35(46)41-16-6-5-7-17-41/h8-10,12-13,24-30,34,45H,5-7,11,14-22H2,1-4H3,(H,38,43)(H,39,44)(H,40,42)/b12-9+,13-10?,23-8+/t24-,25?,26+,27+,28+,29-,30+,34+,36+/m0/s1. The van der Waals surface area contributed by atoms with Gasteiger partial charge in [-0.1, -0.05) is 53.3 Å². The third kappa shape index (κ3) is 12.3. The topological polar surface area (TPSA) is 168 Å². The van der Waals surface area contributed by atoms with Crippen LogP contribution in [0.1, 0.15) is 72.6 Å². The van der Waals surface area contributed by atoms with Crippen LogP contribution in [0.4, 0.5) is 4.79 Å². The minimum atomic E-state index is -0.836. The van der Waals surface area contributed by atoms with Crippen molar-refractivity contribution in [2.75, 3.05) is 37.2 Å². The van der Waals surface area contributed by atoms with Crippen molar-refractivity contribution in [1.82, 2.24) is 20.9 Å². The van der Waals surface area contributed by atoms with Crippen molar-refractivity contribution in [2.24, 2.45) is 5.92 Å². The number of likely N-dealkylation sites (tertiary alicyclic amines) is 1. The van der Waals surface area contributed by atoms with Crippen molar-refractivity contribution in [3.63, 3.8) is 0 Å². The van der Waals surface area contributed by atoms with E-state index in [-0.39, 0.29) is 54.4 Å². The molecule has 50 heavy (non-hydrogen) atoms. The molecule has 1 unspecified atom stereocenters. The molecule has 4 heterocycles. The summed E-state index contributed by atoms with van der Waals surface area (Å²) < 4.78 is 24.0. The number of halogens is 1. The summed E-state index contributed by atoms with van der Waals surface area (Å²) in [5.41, 5.74) is 0.296. The van der Waals surface area contributed by atoms with Crippen LogP contribution in [0.5, 0.6) is 0 Å². The van der Waals surface area contributed by atoms with Crippen LogP contribution in [0.3, 0.4) is 0 Å². The van der Waals surface area contributed by atoms with Crippen LogP contribution < -0.4 is 16.0 Å². The predicted octanol–water partition coefficient (Wildman–Crippen LogP) is 3.09. The molecule has 4 aliphatic rings. The molecule has 4 amide bonds. The highest BCUT2D eigenvalue weighted by Gasteiger charge is 2.58. The zero-order valence-electron chi connectivity index (χ0n) is 29.7. The number of hydrogen-bond donors (Lipinski definition) is 4. The Morgan fingerprint density at radius 2 is 1.76 bits per heavy atom. The van der Waals surface area contributed by atoms with Gasteiger partial charge >= 0.3 is 6.09 Å². The fourth-order valence-corrected chi connectivity index (χ4v) is 6.93. The predicted molar refractivity (Wildman–Crippen MR) is 196 cm³/mol. The van der Waals surface area contributed by atoms with Crippen LogP contribution in [0.25, 0.3) is 0 Å². The molecule has 14 heteroatoms. The Bertz CT molecular complexity index is 1270. The van der Waals surface area contributed by atoms with Gasteiger partial charge in [-0.2, -0.15) is 0 Å². The molecular formula is C36H55IN4O9. The molecule has 280 valence electrons. The lowest BCUT2D eigenvalue weighted by atomic mass is 9.87. The number of allylic oxidation sites excluding steroid dienone is 2. The van der Waals surface area contributed by atoms with Crippen molar-refractivity contribution in [1.29, 1.82) is 0 Å². The number of carbonyl (C=O) groups excluding carboxylic acids is 4. The highest BCUT2D eigenvalue weighted by Crippen LogP contribution is 2.43. The lowest BCUT2D eigenvalue weighted by Crippen LogP contribution is -2.51. The van der Waals surface area contributed by atoms with Crippen molar-refractivity contribution in [2.45, 2.75) is 121 Å².